The molecular formula is C25H28OSi. The molecule has 0 bridgehead atoms. The standard InChI is InChI=1S/C25H28OSi/c1-25(2,3)27(23-14-6-4-7-15-23,24-16-8-5-9-17-24)26-22-18-20-12-10-11-13-21(20)19-22/h4-17,22H,18-19H2,1-3H3. The van der Waals surface area contributed by atoms with Gasteiger partial charge < -0.3 is 4.43 Å². The molecule has 1 aliphatic rings. The van der Waals surface area contributed by atoms with E-state index in [2.05, 4.69) is 106 Å². The predicted molar refractivity (Wildman–Crippen MR) is 116 cm³/mol. The molecule has 0 unspecified atom stereocenters. The van der Waals surface area contributed by atoms with Crippen molar-refractivity contribution in [1.29, 1.82) is 0 Å². The zero-order valence-electron chi connectivity index (χ0n) is 16.5. The van der Waals surface area contributed by atoms with E-state index in [9.17, 15) is 0 Å². The topological polar surface area (TPSA) is 9.23 Å². The van der Waals surface area contributed by atoms with Crippen LogP contribution in [0.3, 0.4) is 0 Å². The van der Waals surface area contributed by atoms with Crippen LogP contribution < -0.4 is 10.4 Å². The molecule has 0 fully saturated rings. The molecule has 3 aromatic carbocycles. The summed E-state index contributed by atoms with van der Waals surface area (Å²) in [5.41, 5.74) is 2.89. The van der Waals surface area contributed by atoms with Gasteiger partial charge in [0.25, 0.3) is 8.32 Å². The van der Waals surface area contributed by atoms with Crippen molar-refractivity contribution in [2.24, 2.45) is 0 Å². The first kappa shape index (κ1) is 18.2. The largest absolute Gasteiger partial charge is 0.404 e. The van der Waals surface area contributed by atoms with Crippen LogP contribution in [-0.4, -0.2) is 14.4 Å². The van der Waals surface area contributed by atoms with E-state index in [1.807, 2.05) is 0 Å². The molecule has 0 atom stereocenters. The highest BCUT2D eigenvalue weighted by Crippen LogP contribution is 2.39. The van der Waals surface area contributed by atoms with Crippen molar-refractivity contribution in [2.75, 3.05) is 0 Å². The number of hydrogen-bond acceptors (Lipinski definition) is 1. The second-order valence-electron chi connectivity index (χ2n) is 8.58. The molecule has 1 nitrogen and oxygen atoms in total. The third kappa shape index (κ3) is 3.28. The lowest BCUT2D eigenvalue weighted by Gasteiger charge is -2.44. The van der Waals surface area contributed by atoms with Crippen LogP contribution in [0.25, 0.3) is 0 Å². The summed E-state index contributed by atoms with van der Waals surface area (Å²) in [6, 6.07) is 30.7. The number of benzene rings is 3. The first-order valence-electron chi connectivity index (χ1n) is 9.86. The van der Waals surface area contributed by atoms with Crippen LogP contribution in [0.2, 0.25) is 5.04 Å². The molecule has 0 heterocycles. The quantitative estimate of drug-likeness (QED) is 0.602. The number of hydrogen-bond donors (Lipinski definition) is 0. The van der Waals surface area contributed by atoms with E-state index in [0.717, 1.165) is 12.8 Å². The third-order valence-corrected chi connectivity index (χ3v) is 10.9. The molecule has 0 aliphatic heterocycles. The van der Waals surface area contributed by atoms with Gasteiger partial charge in [0, 0.05) is 0 Å². The van der Waals surface area contributed by atoms with E-state index in [1.165, 1.54) is 21.5 Å². The molecule has 0 spiro atoms. The first-order chi connectivity index (χ1) is 13.0. The van der Waals surface area contributed by atoms with Gasteiger partial charge in [-0.25, -0.2) is 0 Å². The van der Waals surface area contributed by atoms with E-state index in [4.69, 9.17) is 4.43 Å². The van der Waals surface area contributed by atoms with Crippen molar-refractivity contribution in [1.82, 2.24) is 0 Å². The lowest BCUT2D eigenvalue weighted by atomic mass is 10.1. The summed E-state index contributed by atoms with van der Waals surface area (Å²) in [6.45, 7) is 7.05. The smallest absolute Gasteiger partial charge is 0.261 e. The van der Waals surface area contributed by atoms with Gasteiger partial charge in [-0.05, 0) is 39.4 Å². The Balaban J connectivity index is 1.81. The van der Waals surface area contributed by atoms with Gasteiger partial charge in [-0.2, -0.15) is 0 Å². The van der Waals surface area contributed by atoms with Gasteiger partial charge in [-0.15, -0.1) is 0 Å². The molecule has 1 aliphatic carbocycles. The van der Waals surface area contributed by atoms with Crippen LogP contribution in [0.5, 0.6) is 0 Å². The Morgan fingerprint density at radius 1 is 0.667 bits per heavy atom. The summed E-state index contributed by atoms with van der Waals surface area (Å²) in [4.78, 5) is 0. The Labute approximate surface area is 164 Å². The molecule has 138 valence electrons. The second kappa shape index (κ2) is 7.10. The maximum absolute atomic E-state index is 7.26. The van der Waals surface area contributed by atoms with Crippen LogP contribution in [0, 0.1) is 0 Å². The van der Waals surface area contributed by atoms with Gasteiger partial charge in [-0.3, -0.25) is 0 Å². The van der Waals surface area contributed by atoms with Gasteiger partial charge in [0.2, 0.25) is 0 Å². The highest BCUT2D eigenvalue weighted by Gasteiger charge is 2.51. The van der Waals surface area contributed by atoms with Crippen molar-refractivity contribution in [3.05, 3.63) is 96.1 Å². The average Bonchev–Trinajstić information content (AvgIpc) is 3.09. The molecule has 4 rings (SSSR count). The van der Waals surface area contributed by atoms with Gasteiger partial charge in [0.1, 0.15) is 0 Å². The SMILES string of the molecule is CC(C)(C)[Si](OC1Cc2ccccc2C1)(c1ccccc1)c1ccccc1. The zero-order chi connectivity index (χ0) is 18.9. The summed E-state index contributed by atoms with van der Waals surface area (Å²) in [7, 11) is -2.45. The molecule has 2 heteroatoms. The van der Waals surface area contributed by atoms with Gasteiger partial charge in [0.05, 0.1) is 6.10 Å². The molecule has 0 amide bonds. The van der Waals surface area contributed by atoms with Crippen LogP contribution in [0.15, 0.2) is 84.9 Å². The number of rotatable bonds is 4. The lowest BCUT2D eigenvalue weighted by molar-refractivity contribution is 0.199. The number of fused-ring (bicyclic) bond motifs is 1. The molecule has 0 aromatic heterocycles. The van der Waals surface area contributed by atoms with Crippen molar-refractivity contribution >= 4 is 18.7 Å². The molecular weight excluding hydrogens is 344 g/mol. The van der Waals surface area contributed by atoms with Crippen LogP contribution in [0.4, 0.5) is 0 Å². The minimum Gasteiger partial charge on any atom is -0.404 e. The van der Waals surface area contributed by atoms with E-state index in [0.29, 0.717) is 0 Å². The Hall–Kier alpha value is -2.16. The summed E-state index contributed by atoms with van der Waals surface area (Å²) >= 11 is 0. The first-order valence-corrected chi connectivity index (χ1v) is 11.8. The maximum Gasteiger partial charge on any atom is 0.261 e. The fourth-order valence-electron chi connectivity index (χ4n) is 4.54. The molecule has 3 aromatic rings. The molecule has 0 N–H and O–H groups in total. The van der Waals surface area contributed by atoms with E-state index in [-0.39, 0.29) is 11.1 Å². The van der Waals surface area contributed by atoms with E-state index in [1.54, 1.807) is 0 Å². The Morgan fingerprint density at radius 3 is 1.48 bits per heavy atom. The van der Waals surface area contributed by atoms with E-state index < -0.39 is 8.32 Å². The normalized spacial score (nSPS) is 14.9. The average molecular weight is 373 g/mol. The van der Waals surface area contributed by atoms with Gasteiger partial charge in [-0.1, -0.05) is 106 Å². The van der Waals surface area contributed by atoms with Crippen molar-refractivity contribution < 1.29 is 4.43 Å². The van der Waals surface area contributed by atoms with Crippen LogP contribution in [-0.2, 0) is 17.3 Å². The van der Waals surface area contributed by atoms with Gasteiger partial charge >= 0.3 is 0 Å². The van der Waals surface area contributed by atoms with Gasteiger partial charge in [0.15, 0.2) is 0 Å². The predicted octanol–water partition coefficient (Wildman–Crippen LogP) is 4.73. The lowest BCUT2D eigenvalue weighted by Crippen LogP contribution is -2.67. The zero-order valence-corrected chi connectivity index (χ0v) is 17.5. The molecule has 27 heavy (non-hydrogen) atoms. The van der Waals surface area contributed by atoms with Crippen LogP contribution in [0.1, 0.15) is 31.9 Å². The van der Waals surface area contributed by atoms with E-state index >= 15 is 0 Å². The summed E-state index contributed by atoms with van der Waals surface area (Å²) in [5, 5.41) is 2.75. The monoisotopic (exact) mass is 372 g/mol. The second-order valence-corrected chi connectivity index (χ2v) is 12.8. The Kier molecular flexibility index (Phi) is 4.79. The van der Waals surface area contributed by atoms with Crippen molar-refractivity contribution in [2.45, 2.75) is 44.8 Å². The summed E-state index contributed by atoms with van der Waals surface area (Å²) < 4.78 is 7.26. The van der Waals surface area contributed by atoms with Crippen molar-refractivity contribution in [3.63, 3.8) is 0 Å². The summed E-state index contributed by atoms with van der Waals surface area (Å²) in [5.74, 6) is 0. The summed E-state index contributed by atoms with van der Waals surface area (Å²) in [6.07, 6.45) is 2.27. The molecule has 0 saturated carbocycles. The minimum atomic E-state index is -2.45. The Bertz CT molecular complexity index is 832. The highest BCUT2D eigenvalue weighted by atomic mass is 28.4. The molecule has 0 saturated heterocycles. The highest BCUT2D eigenvalue weighted by molar-refractivity contribution is 6.99. The third-order valence-electron chi connectivity index (χ3n) is 5.77. The fraction of sp³-hybridized carbons (Fsp3) is 0.280. The fourth-order valence-corrected chi connectivity index (χ4v) is 9.22. The van der Waals surface area contributed by atoms with Crippen molar-refractivity contribution in [3.8, 4) is 0 Å². The maximum atomic E-state index is 7.26. The van der Waals surface area contributed by atoms with Crippen LogP contribution >= 0.6 is 0 Å². The Morgan fingerprint density at radius 2 is 1.07 bits per heavy atom. The minimum absolute atomic E-state index is 0.0322. The molecule has 0 radical (unpaired) electrons.